The Morgan fingerprint density at radius 3 is 2.52 bits per heavy atom. The molecule has 1 amide bonds. The number of methoxy groups -OCH3 is 1. The standard InChI is InChI=1S/C32H38N2O5S/c1-39-32(36)30(40(37,38)27-14-13-24-8-3-4-9-25(24)21-27)16-17-31(35)33-29-11-7-10-26-20-23(12-15-28(26)29)22-34-18-5-2-6-19-34/h3-4,8-9,12-15,20-21,29-30H,2,5-7,10-11,16-19,22H2,1H3,(H,33,35)/t29-,30?/m1/s1. The molecule has 3 aromatic carbocycles. The minimum absolute atomic E-state index is 0.0450. The molecule has 8 heteroatoms. The summed E-state index contributed by atoms with van der Waals surface area (Å²) in [5, 5.41) is 3.32. The Hall–Kier alpha value is -3.23. The van der Waals surface area contributed by atoms with Crippen LogP contribution in [0.3, 0.4) is 0 Å². The number of likely N-dealkylation sites (tertiary alicyclic amines) is 1. The molecule has 3 aromatic rings. The second-order valence-corrected chi connectivity index (χ2v) is 13.1. The molecule has 212 valence electrons. The second kappa shape index (κ2) is 12.5. The van der Waals surface area contributed by atoms with Gasteiger partial charge in [0.2, 0.25) is 5.91 Å². The molecule has 1 fully saturated rings. The molecule has 0 aromatic heterocycles. The van der Waals surface area contributed by atoms with Gasteiger partial charge in [0, 0.05) is 13.0 Å². The van der Waals surface area contributed by atoms with Crippen LogP contribution in [0.1, 0.15) is 67.7 Å². The van der Waals surface area contributed by atoms with Crippen molar-refractivity contribution in [1.82, 2.24) is 10.2 Å². The Balaban J connectivity index is 1.25. The maximum absolute atomic E-state index is 13.5. The number of benzene rings is 3. The zero-order chi connectivity index (χ0) is 28.1. The molecule has 0 bridgehead atoms. The summed E-state index contributed by atoms with van der Waals surface area (Å²) < 4.78 is 31.8. The van der Waals surface area contributed by atoms with Gasteiger partial charge in [0.25, 0.3) is 0 Å². The first-order chi connectivity index (χ1) is 19.3. The number of fused-ring (bicyclic) bond motifs is 2. The summed E-state index contributed by atoms with van der Waals surface area (Å²) in [4.78, 5) is 28.2. The first kappa shape index (κ1) is 28.3. The lowest BCUT2D eigenvalue weighted by atomic mass is 9.86. The van der Waals surface area contributed by atoms with Gasteiger partial charge in [0.05, 0.1) is 18.0 Å². The Bertz CT molecular complexity index is 1480. The fourth-order valence-corrected chi connectivity index (χ4v) is 7.72. The number of ether oxygens (including phenoxy) is 1. The monoisotopic (exact) mass is 562 g/mol. The number of amides is 1. The third-order valence-corrected chi connectivity index (χ3v) is 10.3. The van der Waals surface area contributed by atoms with Gasteiger partial charge in [-0.15, -0.1) is 0 Å². The highest BCUT2D eigenvalue weighted by molar-refractivity contribution is 7.92. The van der Waals surface area contributed by atoms with Crippen LogP contribution in [0.2, 0.25) is 0 Å². The molecular formula is C32H38N2O5S. The van der Waals surface area contributed by atoms with Crippen molar-refractivity contribution in [3.8, 4) is 0 Å². The molecular weight excluding hydrogens is 524 g/mol. The average molecular weight is 563 g/mol. The number of carbonyl (C=O) groups excluding carboxylic acids is 2. The van der Waals surface area contributed by atoms with E-state index >= 15 is 0 Å². The van der Waals surface area contributed by atoms with E-state index in [0.717, 1.165) is 55.2 Å². The number of nitrogens with one attached hydrogen (secondary N) is 1. The van der Waals surface area contributed by atoms with Crippen LogP contribution in [0.5, 0.6) is 0 Å². The van der Waals surface area contributed by atoms with Crippen molar-refractivity contribution >= 4 is 32.5 Å². The van der Waals surface area contributed by atoms with Gasteiger partial charge in [0.1, 0.15) is 0 Å². The summed E-state index contributed by atoms with van der Waals surface area (Å²) in [5.41, 5.74) is 3.72. The molecule has 0 radical (unpaired) electrons. The van der Waals surface area contributed by atoms with Crippen molar-refractivity contribution in [2.75, 3.05) is 20.2 Å². The third-order valence-electron chi connectivity index (χ3n) is 8.23. The van der Waals surface area contributed by atoms with Crippen molar-refractivity contribution in [1.29, 1.82) is 0 Å². The van der Waals surface area contributed by atoms with E-state index in [0.29, 0.717) is 0 Å². The van der Waals surface area contributed by atoms with Crippen LogP contribution in [0.25, 0.3) is 10.8 Å². The quantitative estimate of drug-likeness (QED) is 0.364. The molecule has 2 atom stereocenters. The minimum atomic E-state index is -4.06. The molecule has 1 N–H and O–H groups in total. The zero-order valence-corrected chi connectivity index (χ0v) is 23.9. The highest BCUT2D eigenvalue weighted by Gasteiger charge is 2.35. The highest BCUT2D eigenvalue weighted by atomic mass is 32.2. The molecule has 1 heterocycles. The molecule has 5 rings (SSSR count). The van der Waals surface area contributed by atoms with E-state index in [1.165, 1.54) is 43.6 Å². The Kier molecular flexibility index (Phi) is 8.86. The van der Waals surface area contributed by atoms with Crippen molar-refractivity contribution in [2.24, 2.45) is 0 Å². The summed E-state index contributed by atoms with van der Waals surface area (Å²) in [6, 6.07) is 18.7. The van der Waals surface area contributed by atoms with Crippen molar-refractivity contribution in [3.05, 3.63) is 77.4 Å². The summed E-state index contributed by atoms with van der Waals surface area (Å²) in [7, 11) is -2.89. The Morgan fingerprint density at radius 2 is 1.75 bits per heavy atom. The van der Waals surface area contributed by atoms with E-state index in [2.05, 4.69) is 28.4 Å². The lowest BCUT2D eigenvalue weighted by Crippen LogP contribution is -2.35. The molecule has 0 saturated carbocycles. The van der Waals surface area contributed by atoms with Crippen molar-refractivity contribution < 1.29 is 22.7 Å². The van der Waals surface area contributed by atoms with Crippen LogP contribution < -0.4 is 5.32 Å². The first-order valence-corrected chi connectivity index (χ1v) is 15.8. The largest absolute Gasteiger partial charge is 0.468 e. The fourth-order valence-electron chi connectivity index (χ4n) is 6.06. The summed E-state index contributed by atoms with van der Waals surface area (Å²) in [6.45, 7) is 3.27. The van der Waals surface area contributed by atoms with Crippen LogP contribution in [0.4, 0.5) is 0 Å². The number of aryl methyl sites for hydroxylation is 1. The molecule has 2 aliphatic rings. The molecule has 7 nitrogen and oxygen atoms in total. The summed E-state index contributed by atoms with van der Waals surface area (Å²) in [5.74, 6) is -1.12. The summed E-state index contributed by atoms with van der Waals surface area (Å²) in [6.07, 6.45) is 6.40. The van der Waals surface area contributed by atoms with Crippen molar-refractivity contribution in [3.63, 3.8) is 0 Å². The minimum Gasteiger partial charge on any atom is -0.468 e. The van der Waals surface area contributed by atoms with Crippen LogP contribution in [0, 0.1) is 0 Å². The topological polar surface area (TPSA) is 92.8 Å². The SMILES string of the molecule is COC(=O)C(CCC(=O)N[C@@H]1CCCc2cc(CN3CCCCC3)ccc21)S(=O)(=O)c1ccc2ccccc2c1. The third kappa shape index (κ3) is 6.39. The smallest absolute Gasteiger partial charge is 0.324 e. The molecule has 40 heavy (non-hydrogen) atoms. The predicted octanol–water partition coefficient (Wildman–Crippen LogP) is 5.12. The summed E-state index contributed by atoms with van der Waals surface area (Å²) >= 11 is 0. The van der Waals surface area contributed by atoms with Gasteiger partial charge in [0.15, 0.2) is 15.1 Å². The Labute approximate surface area is 236 Å². The number of carbonyl (C=O) groups is 2. The molecule has 1 aliphatic heterocycles. The van der Waals surface area contributed by atoms with Gasteiger partial charge in [-0.1, -0.05) is 55.0 Å². The normalized spacial score (nSPS) is 18.6. The Morgan fingerprint density at radius 1 is 0.975 bits per heavy atom. The number of hydrogen-bond acceptors (Lipinski definition) is 6. The van der Waals surface area contributed by atoms with Gasteiger partial charge in [-0.05, 0) is 91.2 Å². The van der Waals surface area contributed by atoms with Gasteiger partial charge < -0.3 is 10.1 Å². The van der Waals surface area contributed by atoms with Gasteiger partial charge >= 0.3 is 5.97 Å². The predicted molar refractivity (Wildman–Crippen MR) is 156 cm³/mol. The first-order valence-electron chi connectivity index (χ1n) is 14.3. The van der Waals surface area contributed by atoms with E-state index in [9.17, 15) is 18.0 Å². The van der Waals surface area contributed by atoms with E-state index in [1.807, 2.05) is 24.3 Å². The fraction of sp³-hybridized carbons (Fsp3) is 0.438. The van der Waals surface area contributed by atoms with E-state index < -0.39 is 21.1 Å². The molecule has 1 unspecified atom stereocenters. The number of hydrogen-bond donors (Lipinski definition) is 1. The van der Waals surface area contributed by atoms with E-state index in [4.69, 9.17) is 4.74 Å². The highest BCUT2D eigenvalue weighted by Crippen LogP contribution is 2.31. The maximum atomic E-state index is 13.5. The van der Waals surface area contributed by atoms with E-state index in [-0.39, 0.29) is 29.7 Å². The van der Waals surface area contributed by atoms with Crippen LogP contribution in [0.15, 0.2) is 65.6 Å². The molecule has 1 aliphatic carbocycles. The lowest BCUT2D eigenvalue weighted by Gasteiger charge is -2.29. The van der Waals surface area contributed by atoms with Gasteiger partial charge in [-0.3, -0.25) is 14.5 Å². The average Bonchev–Trinajstić information content (AvgIpc) is 2.97. The van der Waals surface area contributed by atoms with Crippen LogP contribution in [-0.4, -0.2) is 50.6 Å². The number of esters is 1. The molecule has 0 spiro atoms. The van der Waals surface area contributed by atoms with Gasteiger partial charge in [-0.2, -0.15) is 0 Å². The molecule has 1 saturated heterocycles. The number of nitrogens with zero attached hydrogens (tertiary/aromatic N) is 1. The maximum Gasteiger partial charge on any atom is 0.324 e. The number of sulfone groups is 1. The number of piperidine rings is 1. The second-order valence-electron chi connectivity index (χ2n) is 11.0. The lowest BCUT2D eigenvalue weighted by molar-refractivity contribution is -0.140. The number of rotatable bonds is 9. The van der Waals surface area contributed by atoms with E-state index in [1.54, 1.807) is 12.1 Å². The van der Waals surface area contributed by atoms with Crippen LogP contribution >= 0.6 is 0 Å². The van der Waals surface area contributed by atoms with Crippen molar-refractivity contribution in [2.45, 2.75) is 74.1 Å². The zero-order valence-electron chi connectivity index (χ0n) is 23.1. The van der Waals surface area contributed by atoms with Crippen LogP contribution in [-0.2, 0) is 37.1 Å². The van der Waals surface area contributed by atoms with Gasteiger partial charge in [-0.25, -0.2) is 8.42 Å².